The number of rotatable bonds is 2. The summed E-state index contributed by atoms with van der Waals surface area (Å²) in [6, 6.07) is -0.0371. The lowest BCUT2D eigenvalue weighted by Gasteiger charge is -2.42. The Morgan fingerprint density at radius 2 is 1.88 bits per heavy atom. The molecule has 0 aliphatic carbocycles. The number of hydrogen-bond acceptors (Lipinski definition) is 9. The molecular formula is C20H23BrFN5O4S. The number of piperazine rings is 1. The van der Waals surface area contributed by atoms with Crippen LogP contribution in [0.1, 0.15) is 33.6 Å². The van der Waals surface area contributed by atoms with E-state index in [4.69, 9.17) is 19.4 Å². The summed E-state index contributed by atoms with van der Waals surface area (Å²) in [6.45, 7) is 6.70. The lowest BCUT2D eigenvalue weighted by Crippen LogP contribution is -2.57. The number of amides is 1. The van der Waals surface area contributed by atoms with Crippen molar-refractivity contribution in [2.24, 2.45) is 0 Å². The molecule has 32 heavy (non-hydrogen) atoms. The van der Waals surface area contributed by atoms with Gasteiger partial charge >= 0.3 is 6.09 Å². The molecule has 1 N–H and O–H groups in total. The smallest absolute Gasteiger partial charge is 0.410 e. The van der Waals surface area contributed by atoms with Crippen LogP contribution in [0.5, 0.6) is 11.5 Å². The number of nitrogens with zero attached hydrogens (tertiary/aromatic N) is 4. The number of fused-ring (bicyclic) bond motifs is 5. The Balaban J connectivity index is 1.56. The summed E-state index contributed by atoms with van der Waals surface area (Å²) in [5.41, 5.74) is 1.93. The number of ether oxygens (including phenoxy) is 1. The largest absolute Gasteiger partial charge is 0.444 e. The van der Waals surface area contributed by atoms with Gasteiger partial charge in [-0.05, 0) is 55.8 Å². The molecule has 0 unspecified atom stereocenters. The number of carbonyl (C=O) groups is 1. The first-order valence-corrected chi connectivity index (χ1v) is 12.3. The number of nitrogens with one attached hydrogen (secondary N) is 1. The van der Waals surface area contributed by atoms with Gasteiger partial charge in [0.25, 0.3) is 0 Å². The minimum atomic E-state index is -0.556. The second kappa shape index (κ2) is 7.77. The van der Waals surface area contributed by atoms with Crippen molar-refractivity contribution in [3.63, 3.8) is 0 Å². The van der Waals surface area contributed by atoms with Crippen molar-refractivity contribution in [2.75, 3.05) is 24.2 Å². The molecule has 2 aromatic rings. The third-order valence-corrected chi connectivity index (χ3v) is 7.01. The van der Waals surface area contributed by atoms with Gasteiger partial charge in [-0.25, -0.2) is 19.2 Å². The summed E-state index contributed by atoms with van der Waals surface area (Å²) in [5, 5.41) is 0.890. The molecule has 0 spiro atoms. The summed E-state index contributed by atoms with van der Waals surface area (Å²) in [5.74, 6) is 0.570. The highest BCUT2D eigenvalue weighted by Gasteiger charge is 2.45. The van der Waals surface area contributed by atoms with Crippen molar-refractivity contribution >= 4 is 50.5 Å². The van der Waals surface area contributed by atoms with Crippen LogP contribution in [0.2, 0.25) is 0 Å². The van der Waals surface area contributed by atoms with Gasteiger partial charge in [0.05, 0.1) is 17.5 Å². The summed E-state index contributed by atoms with van der Waals surface area (Å²) in [7, 11) is 0. The Morgan fingerprint density at radius 3 is 2.50 bits per heavy atom. The van der Waals surface area contributed by atoms with E-state index in [2.05, 4.69) is 31.5 Å². The van der Waals surface area contributed by atoms with Crippen molar-refractivity contribution < 1.29 is 23.6 Å². The fraction of sp³-hybridized carbons (Fsp3) is 0.550. The second-order valence-corrected chi connectivity index (χ2v) is 10.6. The molecule has 4 heterocycles. The first kappa shape index (κ1) is 21.8. The van der Waals surface area contributed by atoms with Gasteiger partial charge in [-0.3, -0.25) is 4.90 Å². The molecule has 1 aromatic heterocycles. The predicted octanol–water partition coefficient (Wildman–Crippen LogP) is 4.03. The molecule has 12 heteroatoms. The molecule has 0 radical (unpaired) electrons. The molecule has 172 valence electrons. The van der Waals surface area contributed by atoms with Crippen LogP contribution in [-0.4, -0.2) is 58.0 Å². The number of halogens is 2. The Morgan fingerprint density at radius 1 is 1.22 bits per heavy atom. The minimum Gasteiger partial charge on any atom is -0.444 e. The first-order chi connectivity index (χ1) is 15.2. The van der Waals surface area contributed by atoms with E-state index < -0.39 is 11.4 Å². The van der Waals surface area contributed by atoms with Crippen LogP contribution in [0.25, 0.3) is 10.9 Å². The highest BCUT2D eigenvalue weighted by molar-refractivity contribution is 9.10. The van der Waals surface area contributed by atoms with Gasteiger partial charge < -0.3 is 19.3 Å². The third-order valence-electron chi connectivity index (χ3n) is 5.76. The predicted molar refractivity (Wildman–Crippen MR) is 120 cm³/mol. The van der Waals surface area contributed by atoms with Crippen LogP contribution in [0.3, 0.4) is 0 Å². The number of hydrogen-bond donors (Lipinski definition) is 1. The summed E-state index contributed by atoms with van der Waals surface area (Å²) >= 11 is 4.57. The van der Waals surface area contributed by atoms with Gasteiger partial charge in [0.2, 0.25) is 11.5 Å². The zero-order valence-corrected chi connectivity index (χ0v) is 20.5. The Labute approximate surface area is 197 Å². The molecule has 1 amide bonds. The maximum Gasteiger partial charge on any atom is 0.410 e. The van der Waals surface area contributed by atoms with Gasteiger partial charge in [0, 0.05) is 18.7 Å². The van der Waals surface area contributed by atoms with Crippen LogP contribution in [0, 0.1) is 5.82 Å². The zero-order chi connectivity index (χ0) is 22.8. The Bertz CT molecular complexity index is 1100. The maximum atomic E-state index is 15.2. The first-order valence-electron chi connectivity index (χ1n) is 10.3. The van der Waals surface area contributed by atoms with Crippen LogP contribution in [-0.2, 0) is 4.74 Å². The average Bonchev–Trinajstić information content (AvgIpc) is 3.32. The van der Waals surface area contributed by atoms with Gasteiger partial charge in [-0.15, -0.1) is 0 Å². The van der Waals surface area contributed by atoms with E-state index in [9.17, 15) is 4.79 Å². The number of thioether (sulfide) groups is 1. The third kappa shape index (κ3) is 3.52. The van der Waals surface area contributed by atoms with Gasteiger partial charge in [-0.2, -0.15) is 0 Å². The molecule has 3 aliphatic rings. The minimum absolute atomic E-state index is 0.0185. The molecule has 9 nitrogen and oxygen atoms in total. The fourth-order valence-electron chi connectivity index (χ4n) is 4.52. The zero-order valence-electron chi connectivity index (χ0n) is 18.1. The molecule has 3 aliphatic heterocycles. The van der Waals surface area contributed by atoms with E-state index >= 15 is 4.39 Å². The van der Waals surface area contributed by atoms with Crippen LogP contribution >= 0.6 is 27.7 Å². The topological polar surface area (TPSA) is 89.1 Å². The second-order valence-electron chi connectivity index (χ2n) is 9.01. The fourth-order valence-corrected chi connectivity index (χ4v) is 5.32. The molecule has 5 rings (SSSR count). The van der Waals surface area contributed by atoms with Crippen LogP contribution in [0.4, 0.5) is 15.0 Å². The van der Waals surface area contributed by atoms with Crippen molar-refractivity contribution in [1.29, 1.82) is 0 Å². The molecule has 2 atom stereocenters. The van der Waals surface area contributed by atoms with Crippen LogP contribution < -0.4 is 20.2 Å². The molecule has 1 aromatic carbocycles. The molecule has 2 bridgehead atoms. The van der Waals surface area contributed by atoms with Crippen molar-refractivity contribution in [2.45, 2.75) is 56.5 Å². The number of anilines is 1. The highest BCUT2D eigenvalue weighted by Crippen LogP contribution is 2.49. The molecule has 2 fully saturated rings. The standard InChI is InChI=1S/C20H23BrFN5O4S/c1-20(2,3)29-19(28)27-9-5-6-10(27)8-26(7-9)17-11-14(23-18(24-17)32-4)13(22)12(21)16-15(11)30-25-31-16/h9-10,25H,5-8H2,1-4H3/t9-,10+. The molecular weight excluding hydrogens is 505 g/mol. The van der Waals surface area contributed by atoms with Crippen LogP contribution in [0.15, 0.2) is 9.63 Å². The van der Waals surface area contributed by atoms with Gasteiger partial charge in [-0.1, -0.05) is 11.8 Å². The van der Waals surface area contributed by atoms with Crippen molar-refractivity contribution in [1.82, 2.24) is 20.5 Å². The molecule has 2 saturated heterocycles. The average molecular weight is 528 g/mol. The Kier molecular flexibility index (Phi) is 5.29. The van der Waals surface area contributed by atoms with Gasteiger partial charge in [0.15, 0.2) is 11.0 Å². The van der Waals surface area contributed by atoms with E-state index in [1.807, 2.05) is 31.9 Å². The SMILES string of the molecule is CSc1nc(N2C[C@H]3CC[C@@H](C2)N3C(=O)OC(C)(C)C)c2c3c(c(Br)c(F)c2n1)ONO3. The van der Waals surface area contributed by atoms with E-state index in [-0.39, 0.29) is 33.9 Å². The van der Waals surface area contributed by atoms with Crippen molar-refractivity contribution in [3.05, 3.63) is 10.3 Å². The van der Waals surface area contributed by atoms with E-state index in [0.717, 1.165) is 12.8 Å². The normalized spacial score (nSPS) is 22.1. The van der Waals surface area contributed by atoms with E-state index in [0.29, 0.717) is 35.2 Å². The monoisotopic (exact) mass is 527 g/mol. The number of carbonyl (C=O) groups excluding carboxylic acids is 1. The number of aromatic nitrogens is 2. The summed E-state index contributed by atoms with van der Waals surface area (Å²) in [4.78, 5) is 36.6. The number of benzene rings is 1. The summed E-state index contributed by atoms with van der Waals surface area (Å²) in [6.07, 6.45) is 3.30. The highest BCUT2D eigenvalue weighted by atomic mass is 79.9. The maximum absolute atomic E-state index is 15.2. The Hall–Kier alpha value is -2.05. The lowest BCUT2D eigenvalue weighted by atomic mass is 10.1. The van der Waals surface area contributed by atoms with Crippen molar-refractivity contribution in [3.8, 4) is 11.5 Å². The summed E-state index contributed by atoms with van der Waals surface area (Å²) < 4.78 is 21.0. The van der Waals surface area contributed by atoms with E-state index in [1.165, 1.54) is 11.8 Å². The van der Waals surface area contributed by atoms with Gasteiger partial charge in [0.1, 0.15) is 21.4 Å². The van der Waals surface area contributed by atoms with E-state index in [1.54, 1.807) is 0 Å². The molecule has 0 saturated carbocycles. The lowest BCUT2D eigenvalue weighted by molar-refractivity contribution is 0.0122. The quantitative estimate of drug-likeness (QED) is 0.459.